The lowest BCUT2D eigenvalue weighted by atomic mass is 10.1. The molecule has 3 heterocycles. The molecule has 4 rings (SSSR count). The number of piperidine rings is 1. The molecule has 1 aliphatic rings. The van der Waals surface area contributed by atoms with Crippen LogP contribution in [0.5, 0.6) is 0 Å². The summed E-state index contributed by atoms with van der Waals surface area (Å²) < 4.78 is 1.95. The molecule has 1 aromatic carbocycles. The van der Waals surface area contributed by atoms with E-state index in [1.165, 1.54) is 24.2 Å². The fraction of sp³-hybridized carbons (Fsp3) is 0.368. The van der Waals surface area contributed by atoms with E-state index < -0.39 is 0 Å². The van der Waals surface area contributed by atoms with E-state index in [0.29, 0.717) is 6.04 Å². The zero-order valence-electron chi connectivity index (χ0n) is 14.4. The molecular formula is C19H23N5S. The molecule has 0 saturated carbocycles. The first kappa shape index (κ1) is 16.3. The summed E-state index contributed by atoms with van der Waals surface area (Å²) >= 11 is 1.73. The molecule has 1 fully saturated rings. The van der Waals surface area contributed by atoms with Crippen molar-refractivity contribution in [2.45, 2.75) is 25.4 Å². The summed E-state index contributed by atoms with van der Waals surface area (Å²) in [4.78, 5) is 7.20. The summed E-state index contributed by atoms with van der Waals surface area (Å²) in [5.74, 6) is 1.20. The predicted octanol–water partition coefficient (Wildman–Crippen LogP) is 3.30. The van der Waals surface area contributed by atoms with Crippen molar-refractivity contribution in [2.24, 2.45) is 7.05 Å². The van der Waals surface area contributed by atoms with Crippen molar-refractivity contribution in [1.82, 2.24) is 20.1 Å². The van der Waals surface area contributed by atoms with Gasteiger partial charge in [0.1, 0.15) is 10.8 Å². The summed E-state index contributed by atoms with van der Waals surface area (Å²) in [6.45, 7) is 2.96. The standard InChI is InChI=1S/C19H23N5S/c1-23-19(9-10-21-23)24-11-5-8-16(13-24)20-12-18-22-17(14-25-18)15-6-3-2-4-7-15/h2-4,6-7,9-10,14,16,20H,5,8,11-13H2,1H3. The quantitative estimate of drug-likeness (QED) is 0.764. The molecule has 2 aromatic heterocycles. The minimum atomic E-state index is 0.493. The maximum atomic E-state index is 4.78. The average Bonchev–Trinajstić information content (AvgIpc) is 3.30. The molecule has 0 bridgehead atoms. The molecule has 6 heteroatoms. The number of hydrogen-bond acceptors (Lipinski definition) is 5. The lowest BCUT2D eigenvalue weighted by molar-refractivity contribution is 0.417. The van der Waals surface area contributed by atoms with Gasteiger partial charge in [-0.3, -0.25) is 4.68 Å². The number of thiazole rings is 1. The summed E-state index contributed by atoms with van der Waals surface area (Å²) in [7, 11) is 2.01. The number of aromatic nitrogens is 3. The maximum Gasteiger partial charge on any atom is 0.126 e. The summed E-state index contributed by atoms with van der Waals surface area (Å²) in [6, 6.07) is 13.0. The van der Waals surface area contributed by atoms with Gasteiger partial charge in [-0.05, 0) is 12.8 Å². The van der Waals surface area contributed by atoms with Crippen LogP contribution in [-0.4, -0.2) is 33.9 Å². The second-order valence-corrected chi connectivity index (χ2v) is 7.41. The minimum absolute atomic E-state index is 0.493. The Morgan fingerprint density at radius 1 is 1.24 bits per heavy atom. The molecule has 0 spiro atoms. The molecular weight excluding hydrogens is 330 g/mol. The third-order valence-corrected chi connectivity index (χ3v) is 5.55. The molecule has 25 heavy (non-hydrogen) atoms. The molecule has 1 aliphatic heterocycles. The van der Waals surface area contributed by atoms with Gasteiger partial charge in [-0.15, -0.1) is 11.3 Å². The van der Waals surface area contributed by atoms with Crippen LogP contribution in [0.4, 0.5) is 5.82 Å². The largest absolute Gasteiger partial charge is 0.355 e. The Labute approximate surface area is 152 Å². The fourth-order valence-corrected chi connectivity index (χ4v) is 4.15. The molecule has 0 radical (unpaired) electrons. The molecule has 130 valence electrons. The first-order valence-electron chi connectivity index (χ1n) is 8.76. The van der Waals surface area contributed by atoms with Crippen LogP contribution in [0.25, 0.3) is 11.3 Å². The van der Waals surface area contributed by atoms with Gasteiger partial charge in [0.2, 0.25) is 0 Å². The summed E-state index contributed by atoms with van der Waals surface area (Å²) in [5.41, 5.74) is 2.26. The average molecular weight is 353 g/mol. The van der Waals surface area contributed by atoms with Crippen molar-refractivity contribution < 1.29 is 0 Å². The van der Waals surface area contributed by atoms with E-state index in [9.17, 15) is 0 Å². The van der Waals surface area contributed by atoms with Crippen LogP contribution in [0.15, 0.2) is 48.0 Å². The second-order valence-electron chi connectivity index (χ2n) is 6.47. The highest BCUT2D eigenvalue weighted by atomic mass is 32.1. The summed E-state index contributed by atoms with van der Waals surface area (Å²) in [5, 5.41) is 11.3. The first-order chi connectivity index (χ1) is 12.3. The number of rotatable bonds is 5. The third kappa shape index (κ3) is 3.75. The number of aryl methyl sites for hydroxylation is 1. The van der Waals surface area contributed by atoms with Crippen molar-refractivity contribution in [3.8, 4) is 11.3 Å². The fourth-order valence-electron chi connectivity index (χ4n) is 3.39. The number of hydrogen-bond donors (Lipinski definition) is 1. The van der Waals surface area contributed by atoms with E-state index in [1.54, 1.807) is 11.3 Å². The van der Waals surface area contributed by atoms with Crippen LogP contribution >= 0.6 is 11.3 Å². The topological polar surface area (TPSA) is 46.0 Å². The van der Waals surface area contributed by atoms with Crippen LogP contribution < -0.4 is 10.2 Å². The van der Waals surface area contributed by atoms with Crippen molar-refractivity contribution in [3.63, 3.8) is 0 Å². The lowest BCUT2D eigenvalue weighted by Crippen LogP contribution is -2.46. The lowest BCUT2D eigenvalue weighted by Gasteiger charge is -2.34. The first-order valence-corrected chi connectivity index (χ1v) is 9.64. The number of nitrogens with one attached hydrogen (secondary N) is 1. The van der Waals surface area contributed by atoms with Crippen molar-refractivity contribution in [2.75, 3.05) is 18.0 Å². The van der Waals surface area contributed by atoms with E-state index in [-0.39, 0.29) is 0 Å². The Morgan fingerprint density at radius 3 is 2.92 bits per heavy atom. The van der Waals surface area contributed by atoms with Gasteiger partial charge in [0, 0.05) is 49.7 Å². The van der Waals surface area contributed by atoms with Gasteiger partial charge in [0.15, 0.2) is 0 Å². The van der Waals surface area contributed by atoms with Crippen LogP contribution in [-0.2, 0) is 13.6 Å². The molecule has 5 nitrogen and oxygen atoms in total. The predicted molar refractivity (Wildman–Crippen MR) is 103 cm³/mol. The Hall–Kier alpha value is -2.18. The molecule has 0 aliphatic carbocycles. The number of benzene rings is 1. The molecule has 1 unspecified atom stereocenters. The molecule has 1 saturated heterocycles. The van der Waals surface area contributed by atoms with E-state index in [4.69, 9.17) is 4.98 Å². The number of nitrogens with zero attached hydrogens (tertiary/aromatic N) is 4. The van der Waals surface area contributed by atoms with Gasteiger partial charge in [0.25, 0.3) is 0 Å². The van der Waals surface area contributed by atoms with E-state index in [1.807, 2.05) is 24.0 Å². The van der Waals surface area contributed by atoms with Gasteiger partial charge in [-0.1, -0.05) is 30.3 Å². The van der Waals surface area contributed by atoms with Crippen molar-refractivity contribution >= 4 is 17.2 Å². The molecule has 1 N–H and O–H groups in total. The van der Waals surface area contributed by atoms with E-state index in [2.05, 4.69) is 51.0 Å². The van der Waals surface area contributed by atoms with Crippen LogP contribution in [0, 0.1) is 0 Å². The Morgan fingerprint density at radius 2 is 2.12 bits per heavy atom. The van der Waals surface area contributed by atoms with Gasteiger partial charge in [-0.2, -0.15) is 5.10 Å². The van der Waals surface area contributed by atoms with Crippen LogP contribution in [0.2, 0.25) is 0 Å². The third-order valence-electron chi connectivity index (χ3n) is 4.70. The van der Waals surface area contributed by atoms with Gasteiger partial charge >= 0.3 is 0 Å². The van der Waals surface area contributed by atoms with E-state index >= 15 is 0 Å². The second kappa shape index (κ2) is 7.37. The van der Waals surface area contributed by atoms with Crippen molar-refractivity contribution in [3.05, 3.63) is 53.0 Å². The highest BCUT2D eigenvalue weighted by Crippen LogP contribution is 2.22. The highest BCUT2D eigenvalue weighted by molar-refractivity contribution is 7.09. The summed E-state index contributed by atoms with van der Waals surface area (Å²) in [6.07, 6.45) is 4.29. The molecule has 3 aromatic rings. The molecule has 0 amide bonds. The van der Waals surface area contributed by atoms with Crippen LogP contribution in [0.3, 0.4) is 0 Å². The Balaban J connectivity index is 1.35. The Kier molecular flexibility index (Phi) is 4.81. The highest BCUT2D eigenvalue weighted by Gasteiger charge is 2.21. The van der Waals surface area contributed by atoms with E-state index in [0.717, 1.165) is 30.3 Å². The zero-order valence-corrected chi connectivity index (χ0v) is 15.2. The van der Waals surface area contributed by atoms with Gasteiger partial charge < -0.3 is 10.2 Å². The number of anilines is 1. The maximum absolute atomic E-state index is 4.78. The smallest absolute Gasteiger partial charge is 0.126 e. The normalized spacial score (nSPS) is 17.8. The zero-order chi connectivity index (χ0) is 17.1. The monoisotopic (exact) mass is 353 g/mol. The van der Waals surface area contributed by atoms with Gasteiger partial charge in [0.05, 0.1) is 11.9 Å². The van der Waals surface area contributed by atoms with Gasteiger partial charge in [-0.25, -0.2) is 4.98 Å². The SMILES string of the molecule is Cn1nccc1N1CCCC(NCc2nc(-c3ccccc3)cs2)C1. The van der Waals surface area contributed by atoms with Crippen LogP contribution in [0.1, 0.15) is 17.8 Å². The Bertz CT molecular complexity index is 810. The van der Waals surface area contributed by atoms with Crippen molar-refractivity contribution in [1.29, 1.82) is 0 Å². The molecule has 1 atom stereocenters. The minimum Gasteiger partial charge on any atom is -0.355 e.